The minimum Gasteiger partial charge on any atom is -0.449 e. The van der Waals surface area contributed by atoms with E-state index in [4.69, 9.17) is 4.74 Å². The summed E-state index contributed by atoms with van der Waals surface area (Å²) in [4.78, 5) is 30.7. The van der Waals surface area contributed by atoms with Crippen molar-refractivity contribution in [3.63, 3.8) is 0 Å². The van der Waals surface area contributed by atoms with Crippen molar-refractivity contribution in [2.45, 2.75) is 46.6 Å². The van der Waals surface area contributed by atoms with Crippen LogP contribution in [0.5, 0.6) is 0 Å². The molecule has 2 amide bonds. The first-order chi connectivity index (χ1) is 16.4. The highest BCUT2D eigenvalue weighted by atomic mass is 16.6. The van der Waals surface area contributed by atoms with E-state index in [-0.39, 0.29) is 18.0 Å². The van der Waals surface area contributed by atoms with Crippen LogP contribution >= 0.6 is 0 Å². The molecule has 0 radical (unpaired) electrons. The predicted octanol–water partition coefficient (Wildman–Crippen LogP) is 6.28. The Morgan fingerprint density at radius 3 is 2.38 bits per heavy atom. The van der Waals surface area contributed by atoms with Crippen LogP contribution in [0, 0.1) is 13.8 Å². The van der Waals surface area contributed by atoms with Gasteiger partial charge in [0.05, 0.1) is 24.0 Å². The lowest BCUT2D eigenvalue weighted by Crippen LogP contribution is -2.53. The van der Waals surface area contributed by atoms with E-state index < -0.39 is 0 Å². The Hall–Kier alpha value is -3.60. The maximum atomic E-state index is 14.2. The molecule has 0 saturated heterocycles. The molecule has 5 heteroatoms. The largest absolute Gasteiger partial charge is 0.449 e. The van der Waals surface area contributed by atoms with Crippen molar-refractivity contribution in [3.05, 3.63) is 82.4 Å². The average Bonchev–Trinajstić information content (AvgIpc) is 3.22. The predicted molar refractivity (Wildman–Crippen MR) is 136 cm³/mol. The van der Waals surface area contributed by atoms with Crippen molar-refractivity contribution in [1.82, 2.24) is 0 Å². The van der Waals surface area contributed by atoms with Gasteiger partial charge in [-0.3, -0.25) is 9.69 Å². The molecule has 3 aromatic carbocycles. The number of hydrogen-bond acceptors (Lipinski definition) is 3. The van der Waals surface area contributed by atoms with Crippen molar-refractivity contribution in [2.24, 2.45) is 0 Å². The minimum absolute atomic E-state index is 0.0278. The van der Waals surface area contributed by atoms with Crippen molar-refractivity contribution in [2.75, 3.05) is 23.0 Å². The molecule has 5 rings (SSSR count). The molecule has 0 N–H and O–H groups in total. The second-order valence-corrected chi connectivity index (χ2v) is 9.15. The maximum Gasteiger partial charge on any atom is 0.414 e. The van der Waals surface area contributed by atoms with E-state index in [1.54, 1.807) is 4.90 Å². The second-order valence-electron chi connectivity index (χ2n) is 9.15. The van der Waals surface area contributed by atoms with Crippen molar-refractivity contribution >= 4 is 23.4 Å². The number of hydrogen-bond donors (Lipinski definition) is 0. The fraction of sp³-hybridized carbons (Fsp3) is 0.310. The van der Waals surface area contributed by atoms with Crippen LogP contribution in [-0.2, 0) is 11.2 Å². The van der Waals surface area contributed by atoms with Crippen molar-refractivity contribution in [1.29, 1.82) is 0 Å². The van der Waals surface area contributed by atoms with Gasteiger partial charge in [0.1, 0.15) is 0 Å². The summed E-state index contributed by atoms with van der Waals surface area (Å²) in [6, 6.07) is 18.2. The van der Waals surface area contributed by atoms with Gasteiger partial charge in [-0.25, -0.2) is 4.79 Å². The lowest BCUT2D eigenvalue weighted by atomic mass is 9.96. The molecule has 0 bridgehead atoms. The Morgan fingerprint density at radius 2 is 1.65 bits per heavy atom. The van der Waals surface area contributed by atoms with Crippen molar-refractivity contribution in [3.8, 4) is 11.1 Å². The lowest BCUT2D eigenvalue weighted by Gasteiger charge is -2.42. The lowest BCUT2D eigenvalue weighted by molar-refractivity contribution is 0.0982. The van der Waals surface area contributed by atoms with Crippen LogP contribution in [-0.4, -0.2) is 31.2 Å². The zero-order chi connectivity index (χ0) is 24.0. The van der Waals surface area contributed by atoms with E-state index in [0.29, 0.717) is 25.1 Å². The van der Waals surface area contributed by atoms with Gasteiger partial charge in [-0.2, -0.15) is 0 Å². The summed E-state index contributed by atoms with van der Waals surface area (Å²) in [6.07, 6.45) is 1.20. The zero-order valence-corrected chi connectivity index (χ0v) is 20.2. The molecule has 1 atom stereocenters. The smallest absolute Gasteiger partial charge is 0.414 e. The minimum atomic E-state index is -0.361. The van der Waals surface area contributed by atoms with E-state index in [1.165, 1.54) is 11.1 Å². The van der Waals surface area contributed by atoms with E-state index in [1.807, 2.05) is 69.0 Å². The summed E-state index contributed by atoms with van der Waals surface area (Å²) < 4.78 is 5.40. The summed E-state index contributed by atoms with van der Waals surface area (Å²) in [7, 11) is 0. The third-order valence-electron chi connectivity index (χ3n) is 7.13. The molecule has 0 saturated carbocycles. The van der Waals surface area contributed by atoms with Crippen molar-refractivity contribution < 1.29 is 14.3 Å². The van der Waals surface area contributed by atoms with Crippen LogP contribution in [0.2, 0.25) is 0 Å². The molecular formula is C29H30N2O3. The van der Waals surface area contributed by atoms with E-state index in [9.17, 15) is 9.59 Å². The summed E-state index contributed by atoms with van der Waals surface area (Å²) >= 11 is 0. The third kappa shape index (κ3) is 3.47. The number of benzene rings is 3. The monoisotopic (exact) mass is 454 g/mol. The summed E-state index contributed by atoms with van der Waals surface area (Å²) in [6.45, 7) is 8.66. The quantitative estimate of drug-likeness (QED) is 0.366. The molecule has 34 heavy (non-hydrogen) atoms. The van der Waals surface area contributed by atoms with Crippen LogP contribution in [0.15, 0.2) is 54.6 Å². The number of ether oxygens (including phenoxy) is 1. The Bertz CT molecular complexity index is 1300. The first-order valence-electron chi connectivity index (χ1n) is 12.0. The topological polar surface area (TPSA) is 49.9 Å². The highest BCUT2D eigenvalue weighted by Crippen LogP contribution is 2.43. The SMILES string of the molecule is CCOC(=O)N1c2cc(C)c(C)cc2N(C(=O)c2cccc3c2-c2ccccc2C3)CC1CC. The van der Waals surface area contributed by atoms with Crippen LogP contribution in [0.4, 0.5) is 16.2 Å². The third-order valence-corrected chi connectivity index (χ3v) is 7.13. The molecule has 3 aromatic rings. The Kier molecular flexibility index (Phi) is 5.64. The maximum absolute atomic E-state index is 14.2. The van der Waals surface area contributed by atoms with Crippen LogP contribution in [0.3, 0.4) is 0 Å². The molecule has 1 heterocycles. The van der Waals surface area contributed by atoms with Gasteiger partial charge in [-0.15, -0.1) is 0 Å². The molecule has 5 nitrogen and oxygen atoms in total. The fourth-order valence-electron chi connectivity index (χ4n) is 5.24. The van der Waals surface area contributed by atoms with Crippen LogP contribution in [0.25, 0.3) is 11.1 Å². The van der Waals surface area contributed by atoms with Gasteiger partial charge in [-0.05, 0) is 85.2 Å². The number of carbonyl (C=O) groups is 2. The van der Waals surface area contributed by atoms with Crippen LogP contribution in [0.1, 0.15) is 52.9 Å². The number of carbonyl (C=O) groups excluding carboxylic acids is 2. The van der Waals surface area contributed by atoms with Crippen LogP contribution < -0.4 is 9.80 Å². The number of aryl methyl sites for hydroxylation is 2. The molecule has 0 fully saturated rings. The molecule has 1 aliphatic heterocycles. The molecule has 0 spiro atoms. The normalized spacial score (nSPS) is 16.1. The van der Waals surface area contributed by atoms with Gasteiger partial charge in [0, 0.05) is 12.1 Å². The van der Waals surface area contributed by atoms with E-state index in [2.05, 4.69) is 18.2 Å². The number of nitrogens with zero attached hydrogens (tertiary/aromatic N) is 2. The molecule has 1 aliphatic carbocycles. The summed E-state index contributed by atoms with van der Waals surface area (Å²) in [5.41, 5.74) is 8.98. The zero-order valence-electron chi connectivity index (χ0n) is 20.2. The highest BCUT2D eigenvalue weighted by molar-refractivity contribution is 6.14. The average molecular weight is 455 g/mol. The van der Waals surface area contributed by atoms with Gasteiger partial charge >= 0.3 is 6.09 Å². The van der Waals surface area contributed by atoms with Gasteiger partial charge in [0.15, 0.2) is 0 Å². The van der Waals surface area contributed by atoms with Gasteiger partial charge in [-0.1, -0.05) is 43.3 Å². The summed E-state index contributed by atoms with van der Waals surface area (Å²) in [5.74, 6) is -0.0278. The Labute approximate surface area is 201 Å². The highest BCUT2D eigenvalue weighted by Gasteiger charge is 2.38. The van der Waals surface area contributed by atoms with Gasteiger partial charge in [0.25, 0.3) is 5.91 Å². The molecule has 1 unspecified atom stereocenters. The first kappa shape index (κ1) is 22.2. The molecular weight excluding hydrogens is 424 g/mol. The second kappa shape index (κ2) is 8.64. The van der Waals surface area contributed by atoms with E-state index in [0.717, 1.165) is 40.0 Å². The van der Waals surface area contributed by atoms with Gasteiger partial charge < -0.3 is 9.64 Å². The molecule has 0 aromatic heterocycles. The Morgan fingerprint density at radius 1 is 0.941 bits per heavy atom. The molecule has 174 valence electrons. The number of amides is 2. The van der Waals surface area contributed by atoms with E-state index >= 15 is 0 Å². The standard InChI is InChI=1S/C29H30N2O3/c1-5-22-17-30(25-14-18(3)19(4)15-26(25)31(22)29(33)34-6-2)28(32)24-13-9-11-21-16-20-10-7-8-12-23(20)27(21)24/h7-15,22H,5-6,16-17H2,1-4H3. The number of anilines is 2. The Balaban J connectivity index is 1.64. The number of fused-ring (bicyclic) bond motifs is 4. The van der Waals surface area contributed by atoms with Gasteiger partial charge in [0.2, 0.25) is 0 Å². The molecule has 2 aliphatic rings. The summed E-state index contributed by atoms with van der Waals surface area (Å²) in [5, 5.41) is 0. The fourth-order valence-corrected chi connectivity index (χ4v) is 5.24. The first-order valence-corrected chi connectivity index (χ1v) is 12.0. The number of rotatable bonds is 3.